The van der Waals surface area contributed by atoms with Gasteiger partial charge in [0.1, 0.15) is 0 Å². The van der Waals surface area contributed by atoms with Gasteiger partial charge < -0.3 is 0 Å². The molecule has 0 fully saturated rings. The van der Waals surface area contributed by atoms with Crippen LogP contribution in [-0.2, 0) is 0 Å². The number of allylic oxidation sites excluding steroid dienone is 11. The highest BCUT2D eigenvalue weighted by Gasteiger charge is 2.21. The molecule has 0 aliphatic heterocycles. The fourth-order valence-electron chi connectivity index (χ4n) is 1.80. The van der Waals surface area contributed by atoms with Crippen molar-refractivity contribution in [2.45, 2.75) is 20.8 Å². The van der Waals surface area contributed by atoms with Crippen LogP contribution in [0, 0.1) is 0 Å². The molecule has 1 heteroatoms. The number of hydrogen-bond acceptors (Lipinski definition) is 0. The molecule has 0 unspecified atom stereocenters. The van der Waals surface area contributed by atoms with Crippen LogP contribution < -0.4 is 0 Å². The van der Waals surface area contributed by atoms with E-state index in [0.717, 1.165) is 16.2 Å². The maximum Gasteiger partial charge on any atom is 0.0559 e. The fourth-order valence-corrected chi connectivity index (χ4v) is 2.17. The van der Waals surface area contributed by atoms with Crippen molar-refractivity contribution < 1.29 is 0 Å². The minimum absolute atomic E-state index is 0.809. The summed E-state index contributed by atoms with van der Waals surface area (Å²) in [6.07, 6.45) is 11.9. The van der Waals surface area contributed by atoms with Crippen molar-refractivity contribution in [1.29, 1.82) is 0 Å². The normalized spacial score (nSPS) is 17.9. The summed E-state index contributed by atoms with van der Waals surface area (Å²) in [5.74, 6) is 0. The molecule has 1 aliphatic rings. The topological polar surface area (TPSA) is 0 Å². The zero-order valence-corrected chi connectivity index (χ0v) is 12.2. The molecule has 18 heavy (non-hydrogen) atoms. The van der Waals surface area contributed by atoms with Gasteiger partial charge in [0.15, 0.2) is 0 Å². The predicted molar refractivity (Wildman–Crippen MR) is 84.7 cm³/mol. The highest BCUT2D eigenvalue weighted by Crippen LogP contribution is 2.40. The van der Waals surface area contributed by atoms with E-state index in [-0.39, 0.29) is 0 Å². The first-order valence-corrected chi connectivity index (χ1v) is 6.25. The van der Waals surface area contributed by atoms with E-state index < -0.39 is 0 Å². The van der Waals surface area contributed by atoms with Crippen molar-refractivity contribution in [3.63, 3.8) is 0 Å². The molecule has 0 aromatic carbocycles. The Morgan fingerprint density at radius 2 is 1.50 bits per heavy atom. The zero-order chi connectivity index (χ0) is 14.1. The Kier molecular flexibility index (Phi) is 7.82. The van der Waals surface area contributed by atoms with Gasteiger partial charge in [-0.2, -0.15) is 0 Å². The van der Waals surface area contributed by atoms with Crippen LogP contribution in [0.1, 0.15) is 20.8 Å². The van der Waals surface area contributed by atoms with E-state index in [9.17, 15) is 0 Å². The van der Waals surface area contributed by atoms with E-state index in [2.05, 4.69) is 32.7 Å². The lowest BCUT2D eigenvalue weighted by molar-refractivity contribution is 1.41. The summed E-state index contributed by atoms with van der Waals surface area (Å²) in [6.45, 7) is 15.8. The molecule has 0 spiro atoms. The van der Waals surface area contributed by atoms with E-state index in [4.69, 9.17) is 11.6 Å². The SMILES string of the molecule is C=C.C=C/C=C1C(C)=C(/C=C\C)C(/C=C/C)=C\1Cl. The summed E-state index contributed by atoms with van der Waals surface area (Å²) in [7, 11) is 0. The minimum Gasteiger partial charge on any atom is -0.106 e. The second-order valence-electron chi connectivity index (χ2n) is 3.58. The molecule has 0 nitrogen and oxygen atoms in total. The first-order chi connectivity index (χ1) is 8.67. The van der Waals surface area contributed by atoms with Crippen LogP contribution in [0.5, 0.6) is 0 Å². The van der Waals surface area contributed by atoms with Gasteiger partial charge in [0.05, 0.1) is 5.03 Å². The van der Waals surface area contributed by atoms with Gasteiger partial charge in [-0.15, -0.1) is 13.2 Å². The van der Waals surface area contributed by atoms with E-state index in [0.29, 0.717) is 0 Å². The van der Waals surface area contributed by atoms with E-state index >= 15 is 0 Å². The van der Waals surface area contributed by atoms with Crippen LogP contribution >= 0.6 is 11.6 Å². The average Bonchev–Trinajstić information content (AvgIpc) is 2.60. The summed E-state index contributed by atoms with van der Waals surface area (Å²) in [5, 5.41) is 0.809. The first kappa shape index (κ1) is 16.5. The second-order valence-corrected chi connectivity index (χ2v) is 3.96. The van der Waals surface area contributed by atoms with Crippen molar-refractivity contribution in [2.75, 3.05) is 0 Å². The Morgan fingerprint density at radius 3 is 1.94 bits per heavy atom. The van der Waals surface area contributed by atoms with Gasteiger partial charge in [-0.1, -0.05) is 54.6 Å². The zero-order valence-electron chi connectivity index (χ0n) is 11.5. The number of halogens is 1. The first-order valence-electron chi connectivity index (χ1n) is 5.87. The lowest BCUT2D eigenvalue weighted by atomic mass is 10.0. The maximum absolute atomic E-state index is 6.36. The van der Waals surface area contributed by atoms with Gasteiger partial charge in [0.2, 0.25) is 0 Å². The van der Waals surface area contributed by atoms with Crippen LogP contribution in [0.15, 0.2) is 83.5 Å². The summed E-state index contributed by atoms with van der Waals surface area (Å²) >= 11 is 6.36. The van der Waals surface area contributed by atoms with Crippen molar-refractivity contribution in [1.82, 2.24) is 0 Å². The molecule has 0 amide bonds. The molecule has 1 aliphatic carbocycles. The molecule has 96 valence electrons. The van der Waals surface area contributed by atoms with Crippen molar-refractivity contribution in [3.8, 4) is 0 Å². The molecule has 0 atom stereocenters. The average molecular weight is 261 g/mol. The molecule has 0 bridgehead atoms. The Bertz CT molecular complexity index is 418. The summed E-state index contributed by atoms with van der Waals surface area (Å²) in [5.41, 5.74) is 4.56. The quantitative estimate of drug-likeness (QED) is 0.556. The largest absolute Gasteiger partial charge is 0.106 e. The Morgan fingerprint density at radius 1 is 1.00 bits per heavy atom. The molecule has 0 aromatic rings. The van der Waals surface area contributed by atoms with E-state index in [1.807, 2.05) is 38.2 Å². The van der Waals surface area contributed by atoms with Crippen LogP contribution in [0.25, 0.3) is 0 Å². The Labute approximate surface area is 116 Å². The Balaban J connectivity index is 0.00000137. The van der Waals surface area contributed by atoms with Gasteiger partial charge in [-0.3, -0.25) is 0 Å². The highest BCUT2D eigenvalue weighted by molar-refractivity contribution is 6.34. The lowest BCUT2D eigenvalue weighted by Crippen LogP contribution is -1.81. The molecule has 1 rings (SSSR count). The van der Waals surface area contributed by atoms with Gasteiger partial charge in [-0.05, 0) is 37.5 Å². The third-order valence-corrected chi connectivity index (χ3v) is 2.93. The maximum atomic E-state index is 6.36. The molecule has 0 aromatic heterocycles. The smallest absolute Gasteiger partial charge is 0.0559 e. The standard InChI is InChI=1S/C15H17Cl.C2H4/c1-5-8-12-11(4)13(9-6-2)15(16)14(12)10-7-3;1-2/h5-10H,2H2,1,3-4H3;1-2H2/b8-5-,10-7+,13-9+;. The van der Waals surface area contributed by atoms with Gasteiger partial charge in [0, 0.05) is 5.57 Å². The van der Waals surface area contributed by atoms with E-state index in [1.165, 1.54) is 11.1 Å². The molecule has 0 saturated carbocycles. The molecular formula is C17H21Cl. The minimum atomic E-state index is 0.809. The summed E-state index contributed by atoms with van der Waals surface area (Å²) < 4.78 is 0. The fraction of sp³-hybridized carbons (Fsp3) is 0.176. The van der Waals surface area contributed by atoms with Crippen LogP contribution in [0.2, 0.25) is 0 Å². The second kappa shape index (κ2) is 8.54. The summed E-state index contributed by atoms with van der Waals surface area (Å²) in [6, 6.07) is 0. The van der Waals surface area contributed by atoms with Crippen LogP contribution in [0.3, 0.4) is 0 Å². The predicted octanol–water partition coefficient (Wildman–Crippen LogP) is 5.88. The van der Waals surface area contributed by atoms with Gasteiger partial charge >= 0.3 is 0 Å². The van der Waals surface area contributed by atoms with Crippen molar-refractivity contribution in [3.05, 3.63) is 83.5 Å². The van der Waals surface area contributed by atoms with Crippen LogP contribution in [0.4, 0.5) is 0 Å². The van der Waals surface area contributed by atoms with E-state index in [1.54, 1.807) is 6.08 Å². The third-order valence-electron chi connectivity index (χ3n) is 2.52. The van der Waals surface area contributed by atoms with Crippen LogP contribution in [-0.4, -0.2) is 0 Å². The van der Waals surface area contributed by atoms with Gasteiger partial charge in [0.25, 0.3) is 0 Å². The number of rotatable bonds is 3. The third kappa shape index (κ3) is 3.48. The summed E-state index contributed by atoms with van der Waals surface area (Å²) in [4.78, 5) is 0. The molecule has 0 saturated heterocycles. The van der Waals surface area contributed by atoms with Crippen molar-refractivity contribution >= 4 is 11.6 Å². The highest BCUT2D eigenvalue weighted by atomic mass is 35.5. The molecule has 0 heterocycles. The monoisotopic (exact) mass is 260 g/mol. The molecule has 0 radical (unpaired) electrons. The van der Waals surface area contributed by atoms with Crippen molar-refractivity contribution in [2.24, 2.45) is 0 Å². The Hall–Kier alpha value is -1.53. The molecular weight excluding hydrogens is 240 g/mol. The van der Waals surface area contributed by atoms with Gasteiger partial charge in [-0.25, -0.2) is 0 Å². The number of hydrogen-bond donors (Lipinski definition) is 0. The molecule has 0 N–H and O–H groups in total. The lowest BCUT2D eigenvalue weighted by Gasteiger charge is -1.99.